The summed E-state index contributed by atoms with van der Waals surface area (Å²) in [6, 6.07) is 8.34. The lowest BCUT2D eigenvalue weighted by molar-refractivity contribution is 0.0956. The Labute approximate surface area is 131 Å². The number of hydrogen-bond donors (Lipinski definition) is 1. The van der Waals surface area contributed by atoms with E-state index < -0.39 is 0 Å². The van der Waals surface area contributed by atoms with Crippen molar-refractivity contribution in [2.45, 2.75) is 52.4 Å². The first-order chi connectivity index (χ1) is 10.3. The van der Waals surface area contributed by atoms with Gasteiger partial charge in [0.1, 0.15) is 0 Å². The number of carbonyl (C=O) groups is 1. The average Bonchev–Trinajstić information content (AvgIpc) is 2.86. The highest BCUT2D eigenvalue weighted by molar-refractivity contribution is 7.21. The van der Waals surface area contributed by atoms with E-state index in [1.165, 1.54) is 34.9 Å². The first kappa shape index (κ1) is 16.0. The lowest BCUT2D eigenvalue weighted by Crippen LogP contribution is -2.24. The van der Waals surface area contributed by atoms with Crippen LogP contribution in [0.15, 0.2) is 24.3 Å². The molecule has 0 aliphatic rings. The molecule has 2 rings (SSSR count). The number of unbranched alkanes of at least 4 members (excludes halogenated alkanes) is 3. The van der Waals surface area contributed by atoms with Crippen LogP contribution in [0.4, 0.5) is 0 Å². The summed E-state index contributed by atoms with van der Waals surface area (Å²) in [5.74, 6) is 0.108. The average molecular weight is 303 g/mol. The summed E-state index contributed by atoms with van der Waals surface area (Å²) in [5.41, 5.74) is 1.23. The molecule has 0 radical (unpaired) electrons. The zero-order valence-corrected chi connectivity index (χ0v) is 13.9. The molecule has 21 heavy (non-hydrogen) atoms. The van der Waals surface area contributed by atoms with Crippen LogP contribution in [-0.2, 0) is 6.42 Å². The molecule has 1 N–H and O–H groups in total. The Morgan fingerprint density at radius 3 is 2.67 bits per heavy atom. The Morgan fingerprint density at radius 2 is 1.90 bits per heavy atom. The SMILES string of the molecule is CCCCCCNC(=O)c1sc2ccccc2c1CCC. The van der Waals surface area contributed by atoms with Crippen LogP contribution < -0.4 is 5.32 Å². The molecule has 1 aromatic heterocycles. The quantitative estimate of drug-likeness (QED) is 0.670. The van der Waals surface area contributed by atoms with Gasteiger partial charge >= 0.3 is 0 Å². The molecule has 0 spiro atoms. The van der Waals surface area contributed by atoms with E-state index in [-0.39, 0.29) is 5.91 Å². The van der Waals surface area contributed by atoms with Gasteiger partial charge in [0.25, 0.3) is 5.91 Å². The smallest absolute Gasteiger partial charge is 0.261 e. The summed E-state index contributed by atoms with van der Waals surface area (Å²) in [5, 5.41) is 4.34. The van der Waals surface area contributed by atoms with Crippen LogP contribution in [-0.4, -0.2) is 12.5 Å². The van der Waals surface area contributed by atoms with E-state index in [0.29, 0.717) is 0 Å². The van der Waals surface area contributed by atoms with Gasteiger partial charge in [-0.05, 0) is 29.9 Å². The van der Waals surface area contributed by atoms with Crippen LogP contribution in [0.25, 0.3) is 10.1 Å². The minimum Gasteiger partial charge on any atom is -0.351 e. The Balaban J connectivity index is 2.09. The summed E-state index contributed by atoms with van der Waals surface area (Å²) < 4.78 is 1.22. The molecule has 0 aliphatic heterocycles. The number of fused-ring (bicyclic) bond motifs is 1. The molecule has 1 amide bonds. The van der Waals surface area contributed by atoms with Crippen LogP contribution in [0, 0.1) is 0 Å². The normalized spacial score (nSPS) is 11.0. The molecule has 0 bridgehead atoms. The second-order valence-corrected chi connectivity index (χ2v) is 6.52. The van der Waals surface area contributed by atoms with Crippen molar-refractivity contribution >= 4 is 27.3 Å². The third kappa shape index (κ3) is 4.07. The van der Waals surface area contributed by atoms with Gasteiger partial charge in [0.05, 0.1) is 4.88 Å². The van der Waals surface area contributed by atoms with Crippen molar-refractivity contribution in [3.63, 3.8) is 0 Å². The number of rotatable bonds is 8. The predicted molar refractivity (Wildman–Crippen MR) is 92.3 cm³/mol. The molecule has 2 nitrogen and oxygen atoms in total. The lowest BCUT2D eigenvalue weighted by atomic mass is 10.1. The van der Waals surface area contributed by atoms with E-state index >= 15 is 0 Å². The van der Waals surface area contributed by atoms with Gasteiger partial charge in [-0.1, -0.05) is 57.7 Å². The van der Waals surface area contributed by atoms with Gasteiger partial charge in [-0.15, -0.1) is 11.3 Å². The molecule has 0 fully saturated rings. The van der Waals surface area contributed by atoms with E-state index in [0.717, 1.165) is 30.7 Å². The fourth-order valence-electron chi connectivity index (χ4n) is 2.61. The van der Waals surface area contributed by atoms with Gasteiger partial charge in [0.15, 0.2) is 0 Å². The third-order valence-electron chi connectivity index (χ3n) is 3.72. The third-order valence-corrected chi connectivity index (χ3v) is 4.93. The summed E-state index contributed by atoms with van der Waals surface area (Å²) in [6.45, 7) is 5.16. The zero-order chi connectivity index (χ0) is 15.1. The van der Waals surface area contributed by atoms with Crippen molar-refractivity contribution in [3.05, 3.63) is 34.7 Å². The Morgan fingerprint density at radius 1 is 1.10 bits per heavy atom. The van der Waals surface area contributed by atoms with Gasteiger partial charge in [-0.2, -0.15) is 0 Å². The standard InChI is InChI=1S/C18H25NOS/c1-3-5-6-9-13-19-18(20)17-15(10-4-2)14-11-7-8-12-16(14)21-17/h7-8,11-12H,3-6,9-10,13H2,1-2H3,(H,19,20). The highest BCUT2D eigenvalue weighted by atomic mass is 32.1. The van der Waals surface area contributed by atoms with Gasteiger partial charge in [0.2, 0.25) is 0 Å². The molecule has 0 atom stereocenters. The molecular formula is C18H25NOS. The van der Waals surface area contributed by atoms with E-state index in [1.807, 2.05) is 6.07 Å². The van der Waals surface area contributed by atoms with Crippen LogP contribution >= 0.6 is 11.3 Å². The van der Waals surface area contributed by atoms with Gasteiger partial charge < -0.3 is 5.32 Å². The number of amides is 1. The topological polar surface area (TPSA) is 29.1 Å². The number of carbonyl (C=O) groups excluding carboxylic acids is 1. The predicted octanol–water partition coefficient (Wildman–Crippen LogP) is 5.16. The van der Waals surface area contributed by atoms with Crippen LogP contribution in [0.5, 0.6) is 0 Å². The second kappa shape index (κ2) is 8.18. The molecule has 0 unspecified atom stereocenters. The molecule has 1 aromatic carbocycles. The molecule has 2 aromatic rings. The van der Waals surface area contributed by atoms with Gasteiger partial charge in [0, 0.05) is 11.2 Å². The highest BCUT2D eigenvalue weighted by Crippen LogP contribution is 2.32. The van der Waals surface area contributed by atoms with Crippen molar-refractivity contribution in [2.24, 2.45) is 0 Å². The van der Waals surface area contributed by atoms with E-state index in [1.54, 1.807) is 11.3 Å². The van der Waals surface area contributed by atoms with Crippen molar-refractivity contribution in [3.8, 4) is 0 Å². The number of benzene rings is 1. The molecule has 1 heterocycles. The largest absolute Gasteiger partial charge is 0.351 e. The maximum Gasteiger partial charge on any atom is 0.261 e. The van der Waals surface area contributed by atoms with Crippen LogP contribution in [0.1, 0.15) is 61.2 Å². The Bertz CT molecular complexity index is 588. The molecule has 114 valence electrons. The molecular weight excluding hydrogens is 278 g/mol. The minimum absolute atomic E-state index is 0.108. The van der Waals surface area contributed by atoms with Crippen molar-refractivity contribution < 1.29 is 4.79 Å². The molecule has 3 heteroatoms. The Hall–Kier alpha value is -1.35. The summed E-state index contributed by atoms with van der Waals surface area (Å²) in [6.07, 6.45) is 6.80. The van der Waals surface area contributed by atoms with E-state index in [2.05, 4.69) is 37.4 Å². The maximum absolute atomic E-state index is 12.4. The van der Waals surface area contributed by atoms with E-state index in [9.17, 15) is 4.79 Å². The first-order valence-corrected chi connectivity index (χ1v) is 8.88. The number of hydrogen-bond acceptors (Lipinski definition) is 2. The van der Waals surface area contributed by atoms with Gasteiger partial charge in [-0.25, -0.2) is 0 Å². The summed E-state index contributed by atoms with van der Waals surface area (Å²) in [4.78, 5) is 13.4. The maximum atomic E-state index is 12.4. The molecule has 0 saturated heterocycles. The fourth-order valence-corrected chi connectivity index (χ4v) is 3.78. The highest BCUT2D eigenvalue weighted by Gasteiger charge is 2.16. The van der Waals surface area contributed by atoms with Crippen LogP contribution in [0.2, 0.25) is 0 Å². The lowest BCUT2D eigenvalue weighted by Gasteiger charge is -2.06. The fraction of sp³-hybridized carbons (Fsp3) is 0.500. The van der Waals surface area contributed by atoms with Crippen molar-refractivity contribution in [1.82, 2.24) is 5.32 Å². The number of aryl methyl sites for hydroxylation is 1. The number of thiophene rings is 1. The minimum atomic E-state index is 0.108. The zero-order valence-electron chi connectivity index (χ0n) is 13.1. The molecule has 0 aliphatic carbocycles. The number of nitrogens with one attached hydrogen (secondary N) is 1. The second-order valence-electron chi connectivity index (χ2n) is 5.47. The molecule has 0 saturated carbocycles. The van der Waals surface area contributed by atoms with Crippen molar-refractivity contribution in [2.75, 3.05) is 6.54 Å². The van der Waals surface area contributed by atoms with Crippen LogP contribution in [0.3, 0.4) is 0 Å². The van der Waals surface area contributed by atoms with E-state index in [4.69, 9.17) is 0 Å². The first-order valence-electron chi connectivity index (χ1n) is 8.06. The van der Waals surface area contributed by atoms with Gasteiger partial charge in [-0.3, -0.25) is 4.79 Å². The summed E-state index contributed by atoms with van der Waals surface area (Å²) in [7, 11) is 0. The van der Waals surface area contributed by atoms with Crippen molar-refractivity contribution in [1.29, 1.82) is 0 Å². The Kier molecular flexibility index (Phi) is 6.24. The summed E-state index contributed by atoms with van der Waals surface area (Å²) >= 11 is 1.63. The monoisotopic (exact) mass is 303 g/mol.